The molecule has 0 spiro atoms. The summed E-state index contributed by atoms with van der Waals surface area (Å²) in [6.07, 6.45) is 2.09. The van der Waals surface area contributed by atoms with E-state index in [1.807, 2.05) is 0 Å². The summed E-state index contributed by atoms with van der Waals surface area (Å²) >= 11 is 0. The molecule has 0 radical (unpaired) electrons. The summed E-state index contributed by atoms with van der Waals surface area (Å²) in [7, 11) is 0. The van der Waals surface area contributed by atoms with Crippen molar-refractivity contribution in [1.29, 1.82) is 0 Å². The van der Waals surface area contributed by atoms with Crippen LogP contribution in [0, 0.1) is 11.6 Å². The maximum absolute atomic E-state index is 13.9. The predicted molar refractivity (Wildman–Crippen MR) is 99.9 cm³/mol. The molecule has 2 aromatic carbocycles. The smallest absolute Gasteiger partial charge is 0.234 e. The number of carbonyl (C=O) groups excluding carboxylic acids is 1. The van der Waals surface area contributed by atoms with Gasteiger partial charge in [0.25, 0.3) is 0 Å². The Morgan fingerprint density at radius 2 is 2.11 bits per heavy atom. The van der Waals surface area contributed by atoms with Crippen molar-refractivity contribution in [3.63, 3.8) is 0 Å². The highest BCUT2D eigenvalue weighted by Crippen LogP contribution is 2.39. The Morgan fingerprint density at radius 1 is 1.32 bits per heavy atom. The van der Waals surface area contributed by atoms with Gasteiger partial charge in [-0.15, -0.1) is 0 Å². The number of fused-ring (bicyclic) bond motifs is 1. The summed E-state index contributed by atoms with van der Waals surface area (Å²) in [6.45, 7) is 2.10. The third-order valence-corrected chi connectivity index (χ3v) is 4.76. The average Bonchev–Trinajstić information content (AvgIpc) is 3.42. The largest absolute Gasteiger partial charge is 0.454 e. The van der Waals surface area contributed by atoms with Crippen LogP contribution in [0.3, 0.4) is 0 Å². The number of nitrogens with one attached hydrogen (secondary N) is 1. The van der Waals surface area contributed by atoms with Gasteiger partial charge in [-0.2, -0.15) is 0 Å². The Labute approximate surface area is 160 Å². The maximum Gasteiger partial charge on any atom is 0.234 e. The normalized spacial score (nSPS) is 15.0. The fourth-order valence-electron chi connectivity index (χ4n) is 3.08. The Morgan fingerprint density at radius 3 is 2.79 bits per heavy atom. The number of amides is 1. The number of halogens is 2. The molecular weight excluding hydrogens is 366 g/mol. The van der Waals surface area contributed by atoms with Crippen molar-refractivity contribution in [2.24, 2.45) is 5.73 Å². The van der Waals surface area contributed by atoms with Gasteiger partial charge in [0.2, 0.25) is 5.91 Å². The highest BCUT2D eigenvalue weighted by atomic mass is 19.1. The van der Waals surface area contributed by atoms with E-state index in [0.29, 0.717) is 18.3 Å². The number of nitrogens with zero attached hydrogens (tertiary/aromatic N) is 2. The average molecular weight is 386 g/mol. The van der Waals surface area contributed by atoms with Crippen molar-refractivity contribution in [1.82, 2.24) is 14.9 Å². The molecule has 8 heteroatoms. The van der Waals surface area contributed by atoms with Crippen LogP contribution in [0.2, 0.25) is 0 Å². The van der Waals surface area contributed by atoms with Crippen molar-refractivity contribution in [3.8, 4) is 11.5 Å². The van der Waals surface area contributed by atoms with Crippen LogP contribution in [0.5, 0.6) is 11.5 Å². The second kappa shape index (κ2) is 7.20. The summed E-state index contributed by atoms with van der Waals surface area (Å²) in [5.41, 5.74) is 6.95. The zero-order chi connectivity index (χ0) is 19.8. The van der Waals surface area contributed by atoms with Gasteiger partial charge in [0, 0.05) is 18.2 Å². The number of hydrogen-bond acceptors (Lipinski definition) is 4. The number of benzene rings is 2. The van der Waals surface area contributed by atoms with Gasteiger partial charge in [0.05, 0.1) is 23.6 Å². The molecular formula is C20H20F2N4O2. The first-order valence-corrected chi connectivity index (χ1v) is 9.09. The number of carbonyl (C=O) groups is 1. The minimum Gasteiger partial charge on any atom is -0.454 e. The first-order valence-electron chi connectivity index (χ1n) is 9.09. The van der Waals surface area contributed by atoms with E-state index in [1.165, 1.54) is 6.07 Å². The summed E-state index contributed by atoms with van der Waals surface area (Å²) < 4.78 is 34.7. The first kappa shape index (κ1) is 18.4. The van der Waals surface area contributed by atoms with Crippen molar-refractivity contribution in [2.75, 3.05) is 0 Å². The number of aromatic nitrogens is 2. The number of nitrogens with two attached hydrogens (primary N) is 1. The quantitative estimate of drug-likeness (QED) is 0.652. The molecule has 0 unspecified atom stereocenters. The van der Waals surface area contributed by atoms with Crippen LogP contribution in [-0.2, 0) is 11.3 Å². The predicted octanol–water partition coefficient (Wildman–Crippen LogP) is 3.41. The highest BCUT2D eigenvalue weighted by molar-refractivity contribution is 5.79. The van der Waals surface area contributed by atoms with E-state index in [1.54, 1.807) is 25.1 Å². The molecule has 1 aliphatic carbocycles. The van der Waals surface area contributed by atoms with E-state index in [-0.39, 0.29) is 5.75 Å². The van der Waals surface area contributed by atoms with E-state index >= 15 is 0 Å². The molecule has 0 saturated heterocycles. The molecule has 1 heterocycles. The fourth-order valence-corrected chi connectivity index (χ4v) is 3.08. The number of ether oxygens (including phenoxy) is 1. The Kier molecular flexibility index (Phi) is 4.72. The molecule has 28 heavy (non-hydrogen) atoms. The van der Waals surface area contributed by atoms with Crippen LogP contribution in [-0.4, -0.2) is 21.5 Å². The summed E-state index contributed by atoms with van der Waals surface area (Å²) in [5, 5.41) is 3.08. The lowest BCUT2D eigenvalue weighted by molar-refractivity contribution is -0.119. The van der Waals surface area contributed by atoms with E-state index in [2.05, 4.69) is 14.9 Å². The van der Waals surface area contributed by atoms with Gasteiger partial charge in [-0.1, -0.05) is 0 Å². The number of primary amides is 1. The van der Waals surface area contributed by atoms with Crippen LogP contribution >= 0.6 is 0 Å². The van der Waals surface area contributed by atoms with Crippen molar-refractivity contribution in [3.05, 3.63) is 53.9 Å². The Hall–Kier alpha value is -3.00. The summed E-state index contributed by atoms with van der Waals surface area (Å²) in [6, 6.07) is 8.35. The standard InChI is InChI=1S/C20H20F2N4O2/c1-11(20(23)27)24-10-19-25-16-6-5-14(9-17(16)26(19)13-3-4-13)28-18-7-2-12(21)8-15(18)22/h2,5-9,11,13,24H,3-4,10H2,1H3,(H2,23,27)/t11-/m0/s1. The molecule has 0 bridgehead atoms. The third-order valence-electron chi connectivity index (χ3n) is 4.76. The minimum atomic E-state index is -0.763. The SMILES string of the molecule is C[C@H](NCc1nc2ccc(Oc3ccc(F)cc3F)cc2n1C1CC1)C(N)=O. The monoisotopic (exact) mass is 386 g/mol. The van der Waals surface area contributed by atoms with E-state index in [4.69, 9.17) is 10.5 Å². The van der Waals surface area contributed by atoms with Gasteiger partial charge in [-0.25, -0.2) is 13.8 Å². The third kappa shape index (κ3) is 3.68. The molecule has 1 amide bonds. The van der Waals surface area contributed by atoms with Crippen molar-refractivity contribution in [2.45, 2.75) is 38.4 Å². The Bertz CT molecular complexity index is 1050. The molecule has 1 aliphatic rings. The molecule has 1 aromatic heterocycles. The molecule has 4 rings (SSSR count). The lowest BCUT2D eigenvalue weighted by atomic mass is 10.3. The fraction of sp³-hybridized carbons (Fsp3) is 0.300. The molecule has 0 aliphatic heterocycles. The zero-order valence-electron chi connectivity index (χ0n) is 15.3. The molecule has 3 aromatic rings. The van der Waals surface area contributed by atoms with Crippen LogP contribution in [0.25, 0.3) is 11.0 Å². The Balaban J connectivity index is 1.64. The second-order valence-electron chi connectivity index (χ2n) is 6.96. The van der Waals surface area contributed by atoms with Crippen molar-refractivity contribution >= 4 is 16.9 Å². The molecule has 146 valence electrons. The highest BCUT2D eigenvalue weighted by Gasteiger charge is 2.28. The first-order chi connectivity index (χ1) is 13.4. The summed E-state index contributed by atoms with van der Waals surface area (Å²) in [5.74, 6) is -0.655. The van der Waals surface area contributed by atoms with Gasteiger partial charge in [-0.3, -0.25) is 10.1 Å². The molecule has 6 nitrogen and oxygen atoms in total. The van der Waals surface area contributed by atoms with E-state index in [9.17, 15) is 13.6 Å². The van der Waals surface area contributed by atoms with Gasteiger partial charge >= 0.3 is 0 Å². The van der Waals surface area contributed by atoms with Crippen LogP contribution < -0.4 is 15.8 Å². The molecule has 3 N–H and O–H groups in total. The van der Waals surface area contributed by atoms with E-state index < -0.39 is 23.6 Å². The molecule has 1 fully saturated rings. The lowest BCUT2D eigenvalue weighted by Gasteiger charge is -2.12. The number of imidazole rings is 1. The summed E-state index contributed by atoms with van der Waals surface area (Å²) in [4.78, 5) is 15.9. The van der Waals surface area contributed by atoms with Crippen molar-refractivity contribution < 1.29 is 18.3 Å². The topological polar surface area (TPSA) is 82.2 Å². The van der Waals surface area contributed by atoms with Gasteiger partial charge in [-0.05, 0) is 44.0 Å². The van der Waals surface area contributed by atoms with Crippen LogP contribution in [0.1, 0.15) is 31.6 Å². The van der Waals surface area contributed by atoms with Gasteiger partial charge in [0.15, 0.2) is 11.6 Å². The van der Waals surface area contributed by atoms with Gasteiger partial charge in [0.1, 0.15) is 17.4 Å². The molecule has 1 atom stereocenters. The lowest BCUT2D eigenvalue weighted by Crippen LogP contribution is -2.38. The maximum atomic E-state index is 13.9. The minimum absolute atomic E-state index is 0.0459. The van der Waals surface area contributed by atoms with E-state index in [0.717, 1.165) is 41.8 Å². The van der Waals surface area contributed by atoms with Crippen LogP contribution in [0.15, 0.2) is 36.4 Å². The second-order valence-corrected chi connectivity index (χ2v) is 6.96. The number of rotatable bonds is 7. The van der Waals surface area contributed by atoms with Crippen LogP contribution in [0.4, 0.5) is 8.78 Å². The number of hydrogen-bond donors (Lipinski definition) is 2. The zero-order valence-corrected chi connectivity index (χ0v) is 15.3. The molecule has 1 saturated carbocycles. The van der Waals surface area contributed by atoms with Gasteiger partial charge < -0.3 is 15.0 Å².